The molecular weight excluding hydrogens is 739 g/mol. The van der Waals surface area contributed by atoms with Crippen LogP contribution in [-0.4, -0.2) is 95.1 Å². The quantitative estimate of drug-likeness (QED) is 0.122. The number of nitrogens with one attached hydrogen (secondary N) is 4. The predicted octanol–water partition coefficient (Wildman–Crippen LogP) is 6.76. The number of aromatic amines is 1. The Labute approximate surface area is 339 Å². The third-order valence-corrected chi connectivity index (χ3v) is 10.9. The zero-order valence-electron chi connectivity index (χ0n) is 33.9. The standard InChI is InChI=1S/C44H53N7O7/c1-26(2)37(48-43(55)57-5)41(53)50-22-8-12-35(50)39-45-25-34(47-39)31-20-18-29(19-21-31)28-14-16-30(17-15-28)32-10-7-11-33(24-32)46-40(52)36-13-9-23-51(36)42(54)38(27(3)4)49-44(56)58-6/h7,10-11,14-21,24-27,35-38H,8-9,12-13,22-23H2,1-6H3,(H,45,47)(H,46,52)(H,48,55)(H,49,56)/t35-,36-,37?,38-/m0/s1. The van der Waals surface area contributed by atoms with Crippen LogP contribution >= 0.6 is 0 Å². The normalized spacial score (nSPS) is 17.5. The van der Waals surface area contributed by atoms with Gasteiger partial charge in [-0.15, -0.1) is 0 Å². The third kappa shape index (κ3) is 9.33. The van der Waals surface area contributed by atoms with Crippen molar-refractivity contribution in [1.82, 2.24) is 30.4 Å². The zero-order valence-corrected chi connectivity index (χ0v) is 33.9. The highest BCUT2D eigenvalue weighted by atomic mass is 16.5. The van der Waals surface area contributed by atoms with E-state index in [0.717, 1.165) is 46.4 Å². The number of nitrogens with zero attached hydrogens (tertiary/aromatic N) is 3. The molecule has 1 aromatic heterocycles. The summed E-state index contributed by atoms with van der Waals surface area (Å²) in [5.74, 6) is -0.305. The minimum absolute atomic E-state index is 0.112. The van der Waals surface area contributed by atoms with Crippen LogP contribution in [0.5, 0.6) is 0 Å². The molecule has 6 rings (SSSR count). The summed E-state index contributed by atoms with van der Waals surface area (Å²) in [5, 5.41) is 8.31. The molecule has 0 radical (unpaired) electrons. The first-order valence-electron chi connectivity index (χ1n) is 19.9. The molecule has 2 fully saturated rings. The number of alkyl carbamates (subject to hydrolysis) is 2. The van der Waals surface area contributed by atoms with Gasteiger partial charge < -0.3 is 40.2 Å². The molecule has 2 aliphatic heterocycles. The van der Waals surface area contributed by atoms with Crippen LogP contribution in [0.3, 0.4) is 0 Å². The molecule has 3 aromatic carbocycles. The van der Waals surface area contributed by atoms with Crippen LogP contribution in [0.25, 0.3) is 33.5 Å². The lowest BCUT2D eigenvalue weighted by Crippen LogP contribution is -2.54. The number of H-pyrrole nitrogens is 1. The number of hydrogen-bond donors (Lipinski definition) is 4. The number of methoxy groups -OCH3 is 2. The minimum Gasteiger partial charge on any atom is -0.453 e. The van der Waals surface area contributed by atoms with Gasteiger partial charge in [0, 0.05) is 18.8 Å². The van der Waals surface area contributed by atoms with E-state index in [4.69, 9.17) is 9.47 Å². The second kappa shape index (κ2) is 18.4. The minimum atomic E-state index is -0.800. The van der Waals surface area contributed by atoms with E-state index >= 15 is 0 Å². The maximum absolute atomic E-state index is 13.5. The van der Waals surface area contributed by atoms with Crippen molar-refractivity contribution in [3.63, 3.8) is 0 Å². The Morgan fingerprint density at radius 3 is 1.78 bits per heavy atom. The van der Waals surface area contributed by atoms with E-state index in [2.05, 4.69) is 50.2 Å². The van der Waals surface area contributed by atoms with Crippen molar-refractivity contribution in [2.45, 2.75) is 77.5 Å². The van der Waals surface area contributed by atoms with Crippen LogP contribution in [0.1, 0.15) is 65.2 Å². The maximum atomic E-state index is 13.5. The average Bonchev–Trinajstić information content (AvgIpc) is 4.03. The zero-order chi connectivity index (χ0) is 41.5. The Morgan fingerprint density at radius 2 is 1.21 bits per heavy atom. The number of likely N-dealkylation sites (tertiary alicyclic amines) is 2. The molecule has 0 bridgehead atoms. The molecule has 58 heavy (non-hydrogen) atoms. The molecule has 1 unspecified atom stereocenters. The number of amides is 5. The smallest absolute Gasteiger partial charge is 0.407 e. The first-order chi connectivity index (χ1) is 27.9. The van der Waals surface area contributed by atoms with Gasteiger partial charge in [0.25, 0.3) is 0 Å². The number of benzene rings is 3. The van der Waals surface area contributed by atoms with Crippen molar-refractivity contribution in [1.29, 1.82) is 0 Å². The SMILES string of the molecule is COC(=O)NC(C(=O)N1CCC[C@H]1c1ncc(-c2ccc(-c3ccc(-c4cccc(NC(=O)[C@@H]5CCCN5C(=O)[C@@H](NC(=O)OC)C(C)C)c4)cc3)cc2)[nH]1)C(C)C. The summed E-state index contributed by atoms with van der Waals surface area (Å²) in [6.45, 7) is 8.49. The fourth-order valence-electron chi connectivity index (χ4n) is 7.73. The number of imidazole rings is 1. The second-order valence-corrected chi connectivity index (χ2v) is 15.5. The fraction of sp³-hybridized carbons (Fsp3) is 0.409. The lowest BCUT2D eigenvalue weighted by atomic mass is 9.99. The number of carbonyl (C=O) groups excluding carboxylic acids is 5. The van der Waals surface area contributed by atoms with Crippen molar-refractivity contribution in [2.24, 2.45) is 11.8 Å². The molecule has 4 atom stereocenters. The van der Waals surface area contributed by atoms with Crippen LogP contribution in [0.4, 0.5) is 15.3 Å². The Bertz CT molecular complexity index is 2100. The maximum Gasteiger partial charge on any atom is 0.407 e. The molecule has 5 amide bonds. The van der Waals surface area contributed by atoms with Crippen molar-refractivity contribution in [2.75, 3.05) is 32.6 Å². The summed E-state index contributed by atoms with van der Waals surface area (Å²) < 4.78 is 9.46. The molecule has 0 saturated carbocycles. The van der Waals surface area contributed by atoms with Crippen molar-refractivity contribution >= 4 is 35.6 Å². The first-order valence-corrected chi connectivity index (χ1v) is 19.9. The van der Waals surface area contributed by atoms with Gasteiger partial charge >= 0.3 is 12.2 Å². The van der Waals surface area contributed by atoms with Gasteiger partial charge in [-0.25, -0.2) is 14.6 Å². The average molecular weight is 792 g/mol. The first kappa shape index (κ1) is 41.5. The van der Waals surface area contributed by atoms with Gasteiger partial charge in [0.05, 0.1) is 32.2 Å². The Kier molecular flexibility index (Phi) is 13.1. The van der Waals surface area contributed by atoms with Gasteiger partial charge in [-0.3, -0.25) is 14.4 Å². The van der Waals surface area contributed by atoms with E-state index in [0.29, 0.717) is 37.4 Å². The Balaban J connectivity index is 1.09. The number of aromatic nitrogens is 2. The summed E-state index contributed by atoms with van der Waals surface area (Å²) in [4.78, 5) is 75.8. The van der Waals surface area contributed by atoms with Crippen LogP contribution in [0.15, 0.2) is 79.0 Å². The van der Waals surface area contributed by atoms with Gasteiger partial charge in [0.2, 0.25) is 17.7 Å². The van der Waals surface area contributed by atoms with Gasteiger partial charge in [-0.1, -0.05) is 88.4 Å². The van der Waals surface area contributed by atoms with Crippen molar-refractivity contribution < 1.29 is 33.4 Å². The summed E-state index contributed by atoms with van der Waals surface area (Å²) in [6, 6.07) is 21.7. The topological polar surface area (TPSA) is 175 Å². The molecule has 14 heteroatoms. The molecule has 306 valence electrons. The van der Waals surface area contributed by atoms with Gasteiger partial charge in [-0.2, -0.15) is 0 Å². The molecule has 0 spiro atoms. The van der Waals surface area contributed by atoms with E-state index in [1.165, 1.54) is 14.2 Å². The monoisotopic (exact) mass is 791 g/mol. The molecular formula is C44H53N7O7. The van der Waals surface area contributed by atoms with E-state index in [1.54, 1.807) is 16.0 Å². The number of ether oxygens (including phenoxy) is 2. The summed E-state index contributed by atoms with van der Waals surface area (Å²) >= 11 is 0. The van der Waals surface area contributed by atoms with Gasteiger partial charge in [-0.05, 0) is 77.5 Å². The lowest BCUT2D eigenvalue weighted by molar-refractivity contribution is -0.139. The molecule has 2 aliphatic rings. The number of anilines is 1. The van der Waals surface area contributed by atoms with Crippen LogP contribution in [0.2, 0.25) is 0 Å². The van der Waals surface area contributed by atoms with Crippen molar-refractivity contribution in [3.8, 4) is 33.5 Å². The summed E-state index contributed by atoms with van der Waals surface area (Å²) in [7, 11) is 2.53. The van der Waals surface area contributed by atoms with Crippen LogP contribution < -0.4 is 16.0 Å². The second-order valence-electron chi connectivity index (χ2n) is 15.5. The summed E-state index contributed by atoms with van der Waals surface area (Å²) in [6.07, 6.45) is 3.31. The van der Waals surface area contributed by atoms with E-state index in [9.17, 15) is 24.0 Å². The Hall–Kier alpha value is -6.18. The highest BCUT2D eigenvalue weighted by molar-refractivity contribution is 5.99. The lowest BCUT2D eigenvalue weighted by Gasteiger charge is -2.30. The highest BCUT2D eigenvalue weighted by Crippen LogP contribution is 2.34. The highest BCUT2D eigenvalue weighted by Gasteiger charge is 2.39. The molecule has 4 N–H and O–H groups in total. The molecule has 4 aromatic rings. The molecule has 0 aliphatic carbocycles. The summed E-state index contributed by atoms with van der Waals surface area (Å²) in [5.41, 5.74) is 6.42. The van der Waals surface area contributed by atoms with Gasteiger partial charge in [0.15, 0.2) is 0 Å². The Morgan fingerprint density at radius 1 is 0.690 bits per heavy atom. The van der Waals surface area contributed by atoms with E-state index < -0.39 is 30.3 Å². The van der Waals surface area contributed by atoms with Crippen LogP contribution in [0, 0.1) is 11.8 Å². The van der Waals surface area contributed by atoms with Crippen LogP contribution in [-0.2, 0) is 23.9 Å². The van der Waals surface area contributed by atoms with Gasteiger partial charge in [0.1, 0.15) is 23.9 Å². The molecule has 2 saturated heterocycles. The number of hydrogen-bond acceptors (Lipinski definition) is 8. The van der Waals surface area contributed by atoms with Crippen molar-refractivity contribution in [3.05, 3.63) is 84.8 Å². The molecule has 3 heterocycles. The number of rotatable bonds is 12. The number of carbonyl (C=O) groups is 5. The molecule has 14 nitrogen and oxygen atoms in total. The fourth-order valence-corrected chi connectivity index (χ4v) is 7.73. The predicted molar refractivity (Wildman–Crippen MR) is 220 cm³/mol. The third-order valence-electron chi connectivity index (χ3n) is 10.9. The van der Waals surface area contributed by atoms with E-state index in [-0.39, 0.29) is 35.6 Å². The largest absolute Gasteiger partial charge is 0.453 e. The van der Waals surface area contributed by atoms with E-state index in [1.807, 2.05) is 76.2 Å².